The monoisotopic (exact) mass is 578 g/mol. The van der Waals surface area contributed by atoms with E-state index in [2.05, 4.69) is 4.98 Å². The molecule has 2 heterocycles. The second kappa shape index (κ2) is 11.4. The third kappa shape index (κ3) is 5.06. The molecule has 1 fully saturated rings. The third-order valence-electron chi connectivity index (χ3n) is 7.02. The van der Waals surface area contributed by atoms with Crippen LogP contribution in [0.1, 0.15) is 22.7 Å². The third-order valence-corrected chi connectivity index (χ3v) is 8.04. The topological polar surface area (TPSA) is 98.2 Å². The van der Waals surface area contributed by atoms with Crippen LogP contribution in [0.4, 0.5) is 5.13 Å². The number of aromatic nitrogens is 1. The van der Waals surface area contributed by atoms with E-state index in [4.69, 9.17) is 14.2 Å². The minimum absolute atomic E-state index is 0.0388. The molecule has 0 radical (unpaired) electrons. The first-order chi connectivity index (χ1) is 20.5. The van der Waals surface area contributed by atoms with Crippen molar-refractivity contribution in [3.63, 3.8) is 0 Å². The van der Waals surface area contributed by atoms with Crippen molar-refractivity contribution >= 4 is 44.1 Å². The van der Waals surface area contributed by atoms with Crippen molar-refractivity contribution in [2.75, 3.05) is 19.1 Å². The molecule has 0 aliphatic carbocycles. The summed E-state index contributed by atoms with van der Waals surface area (Å²) in [7, 11) is 3.09. The van der Waals surface area contributed by atoms with Crippen LogP contribution in [-0.2, 0) is 16.2 Å². The number of carbonyl (C=O) groups is 2. The first-order valence-corrected chi connectivity index (χ1v) is 13.9. The summed E-state index contributed by atoms with van der Waals surface area (Å²) in [5.74, 6) is -0.0990. The van der Waals surface area contributed by atoms with E-state index >= 15 is 0 Å². The molecule has 1 unspecified atom stereocenters. The van der Waals surface area contributed by atoms with Gasteiger partial charge in [0, 0.05) is 5.56 Å². The van der Waals surface area contributed by atoms with Crippen LogP contribution in [0.5, 0.6) is 17.2 Å². The van der Waals surface area contributed by atoms with Gasteiger partial charge in [-0.25, -0.2) is 4.98 Å². The number of rotatable bonds is 8. The number of ketones is 1. The molecule has 0 saturated carbocycles. The number of aliphatic hydroxyl groups is 1. The van der Waals surface area contributed by atoms with E-state index < -0.39 is 17.7 Å². The number of hydrogen-bond donors (Lipinski definition) is 1. The Morgan fingerprint density at radius 1 is 0.857 bits per heavy atom. The molecule has 1 aromatic heterocycles. The van der Waals surface area contributed by atoms with Gasteiger partial charge in [0.05, 0.1) is 36.1 Å². The summed E-state index contributed by atoms with van der Waals surface area (Å²) in [6.07, 6.45) is 0. The number of carbonyl (C=O) groups excluding carboxylic acids is 2. The molecular weight excluding hydrogens is 552 g/mol. The number of fused-ring (bicyclic) bond motifs is 1. The lowest BCUT2D eigenvalue weighted by Gasteiger charge is -2.23. The van der Waals surface area contributed by atoms with Gasteiger partial charge in [-0.05, 0) is 53.6 Å². The van der Waals surface area contributed by atoms with Gasteiger partial charge in [0.15, 0.2) is 5.13 Å². The Balaban J connectivity index is 1.44. The fourth-order valence-corrected chi connectivity index (χ4v) is 5.90. The molecule has 0 spiro atoms. The largest absolute Gasteiger partial charge is 0.507 e. The normalized spacial score (nSPS) is 16.1. The van der Waals surface area contributed by atoms with Gasteiger partial charge in [0.2, 0.25) is 0 Å². The van der Waals surface area contributed by atoms with E-state index in [9.17, 15) is 14.7 Å². The highest BCUT2D eigenvalue weighted by atomic mass is 32.1. The fraction of sp³-hybridized carbons (Fsp3) is 0.121. The fourth-order valence-electron chi connectivity index (χ4n) is 4.88. The molecule has 210 valence electrons. The molecule has 1 amide bonds. The maximum atomic E-state index is 13.6. The zero-order valence-corrected chi connectivity index (χ0v) is 23.6. The summed E-state index contributed by atoms with van der Waals surface area (Å²) in [4.78, 5) is 33.2. The Bertz CT molecular complexity index is 1810. The molecule has 1 aliphatic heterocycles. The molecule has 1 N–H and O–H groups in total. The molecule has 5 aromatic rings. The minimum atomic E-state index is -0.929. The van der Waals surface area contributed by atoms with E-state index in [0.29, 0.717) is 45.6 Å². The van der Waals surface area contributed by atoms with Gasteiger partial charge in [-0.15, -0.1) is 0 Å². The molecule has 0 bridgehead atoms. The molecule has 4 aromatic carbocycles. The quantitative estimate of drug-likeness (QED) is 0.127. The molecular formula is C33H26N2O6S. The number of nitrogens with zero attached hydrogens (tertiary/aromatic N) is 2. The number of anilines is 1. The van der Waals surface area contributed by atoms with Crippen LogP contribution >= 0.6 is 11.3 Å². The lowest BCUT2D eigenvalue weighted by molar-refractivity contribution is -0.132. The number of ether oxygens (including phenoxy) is 3. The van der Waals surface area contributed by atoms with E-state index in [1.165, 1.54) is 23.3 Å². The maximum absolute atomic E-state index is 13.6. The first-order valence-electron chi connectivity index (χ1n) is 13.1. The second-order valence-corrected chi connectivity index (χ2v) is 10.6. The average molecular weight is 579 g/mol. The Morgan fingerprint density at radius 2 is 1.57 bits per heavy atom. The van der Waals surface area contributed by atoms with Gasteiger partial charge < -0.3 is 19.3 Å². The van der Waals surface area contributed by atoms with E-state index in [1.807, 2.05) is 36.4 Å². The van der Waals surface area contributed by atoms with Crippen LogP contribution in [0, 0.1) is 0 Å². The Kier molecular flexibility index (Phi) is 7.33. The van der Waals surface area contributed by atoms with Crippen molar-refractivity contribution in [3.8, 4) is 17.2 Å². The summed E-state index contributed by atoms with van der Waals surface area (Å²) >= 11 is 1.27. The van der Waals surface area contributed by atoms with Crippen LogP contribution in [0.3, 0.4) is 0 Å². The van der Waals surface area contributed by atoms with Crippen molar-refractivity contribution < 1.29 is 28.9 Å². The predicted molar refractivity (Wildman–Crippen MR) is 161 cm³/mol. The zero-order chi connectivity index (χ0) is 29.2. The smallest absolute Gasteiger partial charge is 0.301 e. The number of hydrogen-bond acceptors (Lipinski definition) is 8. The van der Waals surface area contributed by atoms with Crippen molar-refractivity contribution in [1.29, 1.82) is 0 Å². The number of methoxy groups -OCH3 is 2. The standard InChI is InChI=1S/C33H26N2O6S/c1-39-24-10-6-9-22(17-24)30(36)28-29(21-11-13-23(14-12-21)41-19-20-7-4-3-5-8-20)35(32(38)31(28)37)33-34-26-16-15-25(40-2)18-27(26)42-33/h3-18,29,36H,19H2,1-2H3. The SMILES string of the molecule is COc1cccc(C(O)=C2C(=O)C(=O)N(c3nc4ccc(OC)cc4s3)C2c2ccc(OCc3ccccc3)cc2)c1. The summed E-state index contributed by atoms with van der Waals surface area (Å²) in [6.45, 7) is 0.393. The average Bonchev–Trinajstić information content (AvgIpc) is 3.57. The second-order valence-electron chi connectivity index (χ2n) is 9.57. The summed E-state index contributed by atoms with van der Waals surface area (Å²) in [5.41, 5.74) is 2.62. The van der Waals surface area contributed by atoms with Gasteiger partial charge in [-0.2, -0.15) is 0 Å². The summed E-state index contributed by atoms with van der Waals surface area (Å²) in [5, 5.41) is 11.8. The molecule has 42 heavy (non-hydrogen) atoms. The highest BCUT2D eigenvalue weighted by molar-refractivity contribution is 7.22. The lowest BCUT2D eigenvalue weighted by Crippen LogP contribution is -2.29. The maximum Gasteiger partial charge on any atom is 0.301 e. The Labute approximate surface area is 246 Å². The highest BCUT2D eigenvalue weighted by Gasteiger charge is 2.48. The van der Waals surface area contributed by atoms with Crippen LogP contribution in [0.15, 0.2) is 103 Å². The first kappa shape index (κ1) is 27.0. The van der Waals surface area contributed by atoms with E-state index in [-0.39, 0.29) is 11.3 Å². The van der Waals surface area contributed by atoms with Crippen LogP contribution < -0.4 is 19.1 Å². The van der Waals surface area contributed by atoms with Gasteiger partial charge in [0.25, 0.3) is 5.78 Å². The molecule has 9 heteroatoms. The van der Waals surface area contributed by atoms with E-state index in [0.717, 1.165) is 10.3 Å². The van der Waals surface area contributed by atoms with Gasteiger partial charge in [-0.3, -0.25) is 14.5 Å². The zero-order valence-electron chi connectivity index (χ0n) is 22.8. The molecule has 1 atom stereocenters. The molecule has 1 saturated heterocycles. The van der Waals surface area contributed by atoms with Gasteiger partial charge >= 0.3 is 5.91 Å². The van der Waals surface area contributed by atoms with Gasteiger partial charge in [0.1, 0.15) is 29.6 Å². The molecule has 8 nitrogen and oxygen atoms in total. The van der Waals surface area contributed by atoms with Crippen LogP contribution in [-0.4, -0.2) is 36.0 Å². The lowest BCUT2D eigenvalue weighted by atomic mass is 9.95. The van der Waals surface area contributed by atoms with Crippen molar-refractivity contribution in [3.05, 3.63) is 119 Å². The predicted octanol–water partition coefficient (Wildman–Crippen LogP) is 6.52. The molecule has 6 rings (SSSR count). The van der Waals surface area contributed by atoms with Crippen LogP contribution in [0.2, 0.25) is 0 Å². The van der Waals surface area contributed by atoms with Crippen LogP contribution in [0.25, 0.3) is 16.0 Å². The van der Waals surface area contributed by atoms with Crippen molar-refractivity contribution in [1.82, 2.24) is 4.98 Å². The molecule has 1 aliphatic rings. The number of Topliss-reactive ketones (excluding diaryl/α,β-unsaturated/α-hetero) is 1. The summed E-state index contributed by atoms with van der Waals surface area (Å²) in [6, 6.07) is 28.2. The minimum Gasteiger partial charge on any atom is -0.507 e. The van der Waals surface area contributed by atoms with Gasteiger partial charge in [-0.1, -0.05) is 65.9 Å². The van der Waals surface area contributed by atoms with Crippen molar-refractivity contribution in [2.24, 2.45) is 0 Å². The van der Waals surface area contributed by atoms with Crippen molar-refractivity contribution in [2.45, 2.75) is 12.6 Å². The highest BCUT2D eigenvalue weighted by Crippen LogP contribution is 2.45. The number of benzene rings is 4. The number of amides is 1. The number of thiazole rings is 1. The Morgan fingerprint density at radius 3 is 2.31 bits per heavy atom. The van der Waals surface area contributed by atoms with E-state index in [1.54, 1.807) is 67.8 Å². The number of aliphatic hydroxyl groups excluding tert-OH is 1. The summed E-state index contributed by atoms with van der Waals surface area (Å²) < 4.78 is 17.4. The Hall–Kier alpha value is -5.15.